The Morgan fingerprint density at radius 1 is 1.20 bits per heavy atom. The fraction of sp³-hybridized carbons (Fsp3) is 0.528. The largest absolute Gasteiger partial charge is 0.490 e. The molecule has 2 N–H and O–H groups in total. The number of anilines is 1. The molecule has 0 saturated heterocycles. The molecule has 1 amide bonds. The summed E-state index contributed by atoms with van der Waals surface area (Å²) in [5, 5.41) is 12.1. The Morgan fingerprint density at radius 3 is 2.78 bits per heavy atom. The van der Waals surface area contributed by atoms with Gasteiger partial charge in [0.15, 0.2) is 0 Å². The number of ether oxygens (including phenoxy) is 1. The van der Waals surface area contributed by atoms with Gasteiger partial charge in [-0.05, 0) is 118 Å². The molecule has 2 aliphatic carbocycles. The molecule has 2 aromatic carbocycles. The third kappa shape index (κ3) is 6.18. The van der Waals surface area contributed by atoms with Crippen molar-refractivity contribution in [3.8, 4) is 5.75 Å². The van der Waals surface area contributed by atoms with E-state index >= 15 is 0 Å². The lowest BCUT2D eigenvalue weighted by Gasteiger charge is -2.49. The van der Waals surface area contributed by atoms with Crippen molar-refractivity contribution in [3.63, 3.8) is 0 Å². The van der Waals surface area contributed by atoms with E-state index in [1.807, 2.05) is 31.2 Å². The van der Waals surface area contributed by atoms with Crippen LogP contribution >= 0.6 is 11.6 Å². The maximum atomic E-state index is 13.4. The normalized spacial score (nSPS) is 33.4. The maximum Gasteiger partial charge on any atom is 0.264 e. The number of aryl methyl sites for hydroxylation is 1. The van der Waals surface area contributed by atoms with Gasteiger partial charge >= 0.3 is 0 Å². The van der Waals surface area contributed by atoms with Gasteiger partial charge in [0.2, 0.25) is 10.0 Å². The number of rotatable bonds is 3. The highest BCUT2D eigenvalue weighted by Gasteiger charge is 2.47. The van der Waals surface area contributed by atoms with Crippen LogP contribution in [0.1, 0.15) is 80.3 Å². The third-order valence-corrected chi connectivity index (χ3v) is 13.2. The molecule has 0 aromatic heterocycles. The first-order valence-electron chi connectivity index (χ1n) is 16.3. The molecule has 2 heterocycles. The number of hydrogen-bond donors (Lipinski definition) is 2. The lowest BCUT2D eigenvalue weighted by atomic mass is 9.63. The van der Waals surface area contributed by atoms with Gasteiger partial charge in [-0.2, -0.15) is 0 Å². The van der Waals surface area contributed by atoms with Crippen molar-refractivity contribution in [2.45, 2.75) is 81.5 Å². The van der Waals surface area contributed by atoms with Gasteiger partial charge < -0.3 is 14.7 Å². The number of nitrogens with one attached hydrogen (secondary N) is 1. The number of carbonyl (C=O) groups excluding carboxylic acids is 1. The summed E-state index contributed by atoms with van der Waals surface area (Å²) in [5.41, 5.74) is 2.24. The minimum absolute atomic E-state index is 0.0468. The molecule has 7 nitrogen and oxygen atoms in total. The van der Waals surface area contributed by atoms with Crippen molar-refractivity contribution in [2.24, 2.45) is 17.8 Å². The number of fused-ring (bicyclic) bond motifs is 4. The van der Waals surface area contributed by atoms with Crippen molar-refractivity contribution >= 4 is 33.2 Å². The van der Waals surface area contributed by atoms with Crippen molar-refractivity contribution in [3.05, 3.63) is 82.9 Å². The SMILES string of the molecule is C=CCC[C@@]1(O)/C=C/C[C@H](C)[C@@H](C)S(=O)(=O)NC(=O)c2ccc3c(c2)N(C[C@@H]2CC[C@H]21)C[C@@]1(CCCc2cc(Cl)ccc21)CO3. The summed E-state index contributed by atoms with van der Waals surface area (Å²) in [4.78, 5) is 15.8. The Balaban J connectivity index is 1.45. The van der Waals surface area contributed by atoms with Crippen molar-refractivity contribution in [2.75, 3.05) is 24.6 Å². The standard InChI is InChI=1S/C36H45ClN2O5S/c1-4-5-17-36(41)18-6-8-24(2)25(3)45(42,43)38-34(40)27-11-15-33-32(20-27)39(21-28-10-13-31(28)36)22-35(23-44-33)16-7-9-26-19-29(37)12-14-30(26)35/h4,6,11-12,14-15,18-20,24-25,28,31,41H,1,5,7-10,13,16-17,21-23H2,2-3H3,(H,38,40)/b18-6+/t24-,25+,28-,31+,35-,36+/m0/s1. The third-order valence-electron chi connectivity index (χ3n) is 11.0. The highest BCUT2D eigenvalue weighted by Crippen LogP contribution is 2.49. The number of aliphatic hydroxyl groups is 1. The maximum absolute atomic E-state index is 13.4. The number of carbonyl (C=O) groups is 1. The van der Waals surface area contributed by atoms with Crippen LogP contribution in [0.2, 0.25) is 5.02 Å². The predicted molar refractivity (Wildman–Crippen MR) is 180 cm³/mol. The van der Waals surface area contributed by atoms with Gasteiger partial charge in [-0.1, -0.05) is 42.8 Å². The van der Waals surface area contributed by atoms with E-state index in [0.29, 0.717) is 44.7 Å². The fourth-order valence-corrected chi connectivity index (χ4v) is 9.45. The quantitative estimate of drug-likeness (QED) is 0.364. The second-order valence-corrected chi connectivity index (χ2v) is 16.3. The van der Waals surface area contributed by atoms with Gasteiger partial charge in [0.1, 0.15) is 5.75 Å². The van der Waals surface area contributed by atoms with Crippen LogP contribution in [0, 0.1) is 17.8 Å². The zero-order chi connectivity index (χ0) is 32.0. The Morgan fingerprint density at radius 2 is 2.02 bits per heavy atom. The van der Waals surface area contributed by atoms with Crippen LogP contribution in [-0.4, -0.2) is 50.0 Å². The Labute approximate surface area is 272 Å². The van der Waals surface area contributed by atoms with Crippen LogP contribution in [-0.2, 0) is 21.9 Å². The molecule has 45 heavy (non-hydrogen) atoms. The van der Waals surface area contributed by atoms with Crippen LogP contribution < -0.4 is 14.4 Å². The fourth-order valence-electron chi connectivity index (χ4n) is 7.97. The number of halogens is 1. The van der Waals surface area contributed by atoms with E-state index in [9.17, 15) is 18.3 Å². The molecule has 1 fully saturated rings. The van der Waals surface area contributed by atoms with Gasteiger partial charge in [-0.3, -0.25) is 4.79 Å². The highest BCUT2D eigenvalue weighted by molar-refractivity contribution is 7.90. The van der Waals surface area contributed by atoms with Gasteiger partial charge in [0.05, 0.1) is 23.1 Å². The molecule has 1 spiro atoms. The van der Waals surface area contributed by atoms with E-state index in [2.05, 4.69) is 28.3 Å². The number of allylic oxidation sites excluding steroid dienone is 2. The van der Waals surface area contributed by atoms with Crippen LogP contribution in [0.5, 0.6) is 5.75 Å². The molecule has 4 aliphatic rings. The molecular formula is C36H45ClN2O5S. The summed E-state index contributed by atoms with van der Waals surface area (Å²) in [6, 6.07) is 11.4. The van der Waals surface area contributed by atoms with E-state index in [4.69, 9.17) is 16.3 Å². The number of amides is 1. The first-order valence-corrected chi connectivity index (χ1v) is 18.2. The smallest absolute Gasteiger partial charge is 0.264 e. The van der Waals surface area contributed by atoms with Gasteiger partial charge in [0, 0.05) is 29.1 Å². The number of sulfonamides is 1. The second-order valence-electron chi connectivity index (χ2n) is 13.8. The highest BCUT2D eigenvalue weighted by atomic mass is 35.5. The molecule has 9 heteroatoms. The van der Waals surface area contributed by atoms with Gasteiger partial charge in [-0.25, -0.2) is 13.1 Å². The zero-order valence-electron chi connectivity index (χ0n) is 26.3. The molecular weight excluding hydrogens is 608 g/mol. The Bertz CT molecular complexity index is 1610. The van der Waals surface area contributed by atoms with E-state index in [1.165, 1.54) is 11.1 Å². The van der Waals surface area contributed by atoms with Crippen LogP contribution in [0.3, 0.4) is 0 Å². The average molecular weight is 653 g/mol. The number of hydrogen-bond acceptors (Lipinski definition) is 6. The number of benzene rings is 2. The molecule has 0 unspecified atom stereocenters. The molecule has 2 bridgehead atoms. The molecule has 2 aromatic rings. The number of nitrogens with zero attached hydrogens (tertiary/aromatic N) is 1. The van der Waals surface area contributed by atoms with E-state index in [-0.39, 0.29) is 28.7 Å². The molecule has 6 atom stereocenters. The van der Waals surface area contributed by atoms with Crippen LogP contribution in [0.15, 0.2) is 61.2 Å². The van der Waals surface area contributed by atoms with E-state index in [0.717, 1.165) is 42.8 Å². The summed E-state index contributed by atoms with van der Waals surface area (Å²) in [7, 11) is -3.95. The summed E-state index contributed by atoms with van der Waals surface area (Å²) < 4.78 is 35.6. The van der Waals surface area contributed by atoms with Crippen molar-refractivity contribution in [1.82, 2.24) is 4.72 Å². The minimum Gasteiger partial charge on any atom is -0.490 e. The lowest BCUT2D eigenvalue weighted by Crippen LogP contribution is -2.52. The van der Waals surface area contributed by atoms with Gasteiger partial charge in [-0.15, -0.1) is 6.58 Å². The monoisotopic (exact) mass is 652 g/mol. The molecule has 242 valence electrons. The van der Waals surface area contributed by atoms with E-state index < -0.39 is 26.8 Å². The molecule has 0 radical (unpaired) electrons. The van der Waals surface area contributed by atoms with E-state index in [1.54, 1.807) is 25.1 Å². The Kier molecular flexibility index (Phi) is 8.87. The predicted octanol–water partition coefficient (Wildman–Crippen LogP) is 6.58. The van der Waals surface area contributed by atoms with Gasteiger partial charge in [0.25, 0.3) is 5.91 Å². The zero-order valence-corrected chi connectivity index (χ0v) is 27.9. The molecule has 2 aliphatic heterocycles. The minimum atomic E-state index is -3.95. The first-order chi connectivity index (χ1) is 21.4. The Hall–Kier alpha value is -2.81. The summed E-state index contributed by atoms with van der Waals surface area (Å²) in [5.74, 6) is 0.0404. The lowest BCUT2D eigenvalue weighted by molar-refractivity contribution is -0.0499. The average Bonchev–Trinajstić information content (AvgIpc) is 3.14. The van der Waals surface area contributed by atoms with Crippen molar-refractivity contribution < 1.29 is 23.1 Å². The first kappa shape index (κ1) is 32.1. The molecule has 1 saturated carbocycles. The summed E-state index contributed by atoms with van der Waals surface area (Å²) in [6.45, 7) is 9.24. The summed E-state index contributed by atoms with van der Waals surface area (Å²) in [6.07, 6.45) is 12.2. The van der Waals surface area contributed by atoms with Crippen molar-refractivity contribution in [1.29, 1.82) is 0 Å². The van der Waals surface area contributed by atoms with Crippen LogP contribution in [0.4, 0.5) is 5.69 Å². The topological polar surface area (TPSA) is 95.9 Å². The second kappa shape index (κ2) is 12.4. The summed E-state index contributed by atoms with van der Waals surface area (Å²) >= 11 is 6.42. The van der Waals surface area contributed by atoms with Crippen LogP contribution in [0.25, 0.3) is 0 Å². The molecule has 6 rings (SSSR count).